The van der Waals surface area contributed by atoms with E-state index >= 15 is 0 Å². The summed E-state index contributed by atoms with van der Waals surface area (Å²) in [6.45, 7) is 2.25. The van der Waals surface area contributed by atoms with Crippen molar-refractivity contribution in [2.24, 2.45) is 22.7 Å². The molecule has 0 radical (unpaired) electrons. The molecular weight excluding hydrogens is 278 g/mol. The van der Waals surface area contributed by atoms with E-state index < -0.39 is 0 Å². The molecule has 3 rings (SSSR count). The van der Waals surface area contributed by atoms with Crippen molar-refractivity contribution in [3.63, 3.8) is 0 Å². The fraction of sp³-hybridized carbons (Fsp3) is 0.955. The lowest BCUT2D eigenvalue weighted by molar-refractivity contribution is -0.0261. The summed E-state index contributed by atoms with van der Waals surface area (Å²) in [6.07, 6.45) is 22.3. The van der Waals surface area contributed by atoms with Crippen molar-refractivity contribution >= 4 is 0 Å². The Bertz CT molecular complexity index is 398. The third-order valence-corrected chi connectivity index (χ3v) is 7.92. The Hall–Kier alpha value is -0.510. The lowest BCUT2D eigenvalue weighted by atomic mass is 9.51. The summed E-state index contributed by atoms with van der Waals surface area (Å²) in [7, 11) is 0. The minimum Gasteiger partial charge on any atom is -0.198 e. The van der Waals surface area contributed by atoms with Crippen molar-refractivity contribution in [3.8, 4) is 6.07 Å². The molecule has 0 unspecified atom stereocenters. The molecule has 3 aliphatic carbocycles. The van der Waals surface area contributed by atoms with Gasteiger partial charge in [0.2, 0.25) is 0 Å². The van der Waals surface area contributed by atoms with E-state index in [0.717, 1.165) is 18.3 Å². The smallest absolute Gasteiger partial charge is 0.0689 e. The number of hydrogen-bond donors (Lipinski definition) is 0. The van der Waals surface area contributed by atoms with Crippen LogP contribution in [-0.4, -0.2) is 0 Å². The predicted molar refractivity (Wildman–Crippen MR) is 97.0 cm³/mol. The van der Waals surface area contributed by atoms with Gasteiger partial charge in [0.15, 0.2) is 0 Å². The molecule has 0 saturated heterocycles. The van der Waals surface area contributed by atoms with Crippen molar-refractivity contribution in [2.45, 2.75) is 110 Å². The van der Waals surface area contributed by atoms with Gasteiger partial charge in [-0.2, -0.15) is 5.26 Å². The second-order valence-corrected chi connectivity index (χ2v) is 9.05. The minimum absolute atomic E-state index is 0.0354. The number of hydrogen-bond acceptors (Lipinski definition) is 1. The topological polar surface area (TPSA) is 23.8 Å². The van der Waals surface area contributed by atoms with Gasteiger partial charge in [0.1, 0.15) is 0 Å². The second kappa shape index (κ2) is 7.58. The monoisotopic (exact) mass is 315 g/mol. The molecule has 0 amide bonds. The molecule has 1 nitrogen and oxygen atoms in total. The molecule has 3 fully saturated rings. The highest BCUT2D eigenvalue weighted by molar-refractivity contribution is 5.05. The van der Waals surface area contributed by atoms with Crippen LogP contribution in [0.3, 0.4) is 0 Å². The third-order valence-electron chi connectivity index (χ3n) is 7.92. The van der Waals surface area contributed by atoms with E-state index in [-0.39, 0.29) is 5.41 Å². The van der Waals surface area contributed by atoms with Gasteiger partial charge in [0.05, 0.1) is 11.5 Å². The van der Waals surface area contributed by atoms with Gasteiger partial charge in [-0.1, -0.05) is 51.9 Å². The molecule has 0 aromatic carbocycles. The minimum atomic E-state index is 0.0354. The normalized spacial score (nSPS) is 35.6. The highest BCUT2D eigenvalue weighted by Gasteiger charge is 2.48. The zero-order valence-corrected chi connectivity index (χ0v) is 15.4. The maximum Gasteiger partial charge on any atom is 0.0689 e. The fourth-order valence-corrected chi connectivity index (χ4v) is 6.68. The van der Waals surface area contributed by atoms with Crippen molar-refractivity contribution in [1.29, 1.82) is 5.26 Å². The summed E-state index contributed by atoms with van der Waals surface area (Å²) in [4.78, 5) is 0. The highest BCUT2D eigenvalue weighted by atomic mass is 14.5. The van der Waals surface area contributed by atoms with Gasteiger partial charge in [-0.3, -0.25) is 0 Å². The summed E-state index contributed by atoms with van der Waals surface area (Å²) in [5, 5.41) is 9.73. The van der Waals surface area contributed by atoms with E-state index in [1.807, 2.05) is 0 Å². The van der Waals surface area contributed by atoms with Gasteiger partial charge in [-0.25, -0.2) is 0 Å². The Balaban J connectivity index is 1.73. The first-order valence-electron chi connectivity index (χ1n) is 10.7. The summed E-state index contributed by atoms with van der Waals surface area (Å²) >= 11 is 0. The number of nitrogens with zero attached hydrogens (tertiary/aromatic N) is 1. The third kappa shape index (κ3) is 3.47. The molecule has 0 atom stereocenters. The van der Waals surface area contributed by atoms with Crippen molar-refractivity contribution < 1.29 is 0 Å². The Labute approximate surface area is 144 Å². The van der Waals surface area contributed by atoms with Crippen LogP contribution >= 0.6 is 0 Å². The van der Waals surface area contributed by atoms with Crippen LogP contribution in [0.15, 0.2) is 0 Å². The van der Waals surface area contributed by atoms with Crippen LogP contribution in [0.5, 0.6) is 0 Å². The Morgan fingerprint density at radius 3 is 1.91 bits per heavy atom. The van der Waals surface area contributed by atoms with Gasteiger partial charge in [-0.15, -0.1) is 0 Å². The number of rotatable bonds is 4. The maximum absolute atomic E-state index is 9.73. The average Bonchev–Trinajstić information content (AvgIpc) is 2.64. The van der Waals surface area contributed by atoms with Crippen molar-refractivity contribution in [2.75, 3.05) is 0 Å². The van der Waals surface area contributed by atoms with Gasteiger partial charge in [0.25, 0.3) is 0 Å². The average molecular weight is 316 g/mol. The molecule has 0 aromatic heterocycles. The highest BCUT2D eigenvalue weighted by Crippen LogP contribution is 2.58. The van der Waals surface area contributed by atoms with E-state index in [9.17, 15) is 5.26 Å². The zero-order valence-electron chi connectivity index (χ0n) is 15.4. The molecule has 0 aromatic rings. The summed E-state index contributed by atoms with van der Waals surface area (Å²) in [5.74, 6) is 1.95. The van der Waals surface area contributed by atoms with Crippen molar-refractivity contribution in [1.82, 2.24) is 0 Å². The van der Waals surface area contributed by atoms with E-state index in [1.54, 1.807) is 0 Å². The molecule has 0 N–H and O–H groups in total. The van der Waals surface area contributed by atoms with Gasteiger partial charge in [-0.05, 0) is 75.0 Å². The molecule has 23 heavy (non-hydrogen) atoms. The van der Waals surface area contributed by atoms with Crippen molar-refractivity contribution in [3.05, 3.63) is 0 Å². The molecule has 0 aliphatic heterocycles. The lowest BCUT2D eigenvalue weighted by Gasteiger charge is -2.53. The van der Waals surface area contributed by atoms with Crippen LogP contribution in [-0.2, 0) is 0 Å². The predicted octanol–water partition coefficient (Wildman–Crippen LogP) is 7.02. The summed E-state index contributed by atoms with van der Waals surface area (Å²) in [5.41, 5.74) is 0.709. The van der Waals surface area contributed by atoms with Crippen LogP contribution in [0.25, 0.3) is 0 Å². The first-order chi connectivity index (χ1) is 11.2. The molecule has 0 heterocycles. The maximum atomic E-state index is 9.73. The van der Waals surface area contributed by atoms with Gasteiger partial charge in [0, 0.05) is 0 Å². The molecule has 1 heteroatoms. The SMILES string of the molecule is CCCC1(C#N)CCC(C2(C3CCCCC3)CCCCC2)CC1. The summed E-state index contributed by atoms with van der Waals surface area (Å²) < 4.78 is 0. The Morgan fingerprint density at radius 1 is 0.783 bits per heavy atom. The molecule has 3 saturated carbocycles. The molecule has 130 valence electrons. The van der Waals surface area contributed by atoms with E-state index in [1.165, 1.54) is 96.3 Å². The van der Waals surface area contributed by atoms with Crippen LogP contribution in [0.1, 0.15) is 110 Å². The molecule has 3 aliphatic rings. The van der Waals surface area contributed by atoms with Crippen LogP contribution < -0.4 is 0 Å². The first-order valence-corrected chi connectivity index (χ1v) is 10.7. The van der Waals surface area contributed by atoms with Gasteiger partial charge < -0.3 is 0 Å². The molecular formula is C22H37N. The van der Waals surface area contributed by atoms with Crippen LogP contribution in [0, 0.1) is 34.0 Å². The van der Waals surface area contributed by atoms with Crippen LogP contribution in [0.2, 0.25) is 0 Å². The summed E-state index contributed by atoms with van der Waals surface area (Å²) in [6, 6.07) is 2.73. The zero-order chi connectivity index (χ0) is 16.2. The second-order valence-electron chi connectivity index (χ2n) is 9.05. The first kappa shape index (κ1) is 17.3. The molecule has 0 spiro atoms. The largest absolute Gasteiger partial charge is 0.198 e. The number of nitriles is 1. The van der Waals surface area contributed by atoms with Crippen LogP contribution in [0.4, 0.5) is 0 Å². The molecule has 0 bridgehead atoms. The quantitative estimate of drug-likeness (QED) is 0.547. The fourth-order valence-electron chi connectivity index (χ4n) is 6.68. The van der Waals surface area contributed by atoms with E-state index in [2.05, 4.69) is 13.0 Å². The Kier molecular flexibility index (Phi) is 5.71. The standard InChI is InChI=1S/C22H37N/c1-2-13-21(18-23)16-11-20(12-17-21)22(14-7-4-8-15-22)19-9-5-3-6-10-19/h19-20H,2-17H2,1H3. The lowest BCUT2D eigenvalue weighted by Crippen LogP contribution is -2.43. The van der Waals surface area contributed by atoms with Gasteiger partial charge >= 0.3 is 0 Å². The Morgan fingerprint density at radius 2 is 1.35 bits per heavy atom. The van der Waals surface area contributed by atoms with E-state index in [4.69, 9.17) is 0 Å². The van der Waals surface area contributed by atoms with E-state index in [0.29, 0.717) is 5.41 Å².